The summed E-state index contributed by atoms with van der Waals surface area (Å²) in [6, 6.07) is 14.0. The van der Waals surface area contributed by atoms with Gasteiger partial charge >= 0.3 is 0 Å². The smallest absolute Gasteiger partial charge is 0.224 e. The molecule has 0 spiro atoms. The Labute approximate surface area is 236 Å². The molecule has 1 aliphatic heterocycles. The van der Waals surface area contributed by atoms with Gasteiger partial charge in [0.1, 0.15) is 5.82 Å². The molecule has 210 valence electrons. The summed E-state index contributed by atoms with van der Waals surface area (Å²) in [5.74, 6) is 0.923. The van der Waals surface area contributed by atoms with Crippen molar-refractivity contribution in [3.05, 3.63) is 77.4 Å². The van der Waals surface area contributed by atoms with Crippen LogP contribution in [0.4, 0.5) is 5.82 Å². The minimum Gasteiger partial charge on any atom is -0.385 e. The Morgan fingerprint density at radius 2 is 1.95 bits per heavy atom. The molecule has 8 nitrogen and oxygen atoms in total. The molecule has 4 aromatic rings. The third-order valence-corrected chi connectivity index (χ3v) is 7.98. The molecule has 5 rings (SSSR count). The maximum absolute atomic E-state index is 13.3. The van der Waals surface area contributed by atoms with Crippen LogP contribution in [0.1, 0.15) is 54.1 Å². The van der Waals surface area contributed by atoms with Crippen LogP contribution in [0.3, 0.4) is 0 Å². The number of methoxy groups -OCH3 is 1. The summed E-state index contributed by atoms with van der Waals surface area (Å²) in [5, 5.41) is 1.18. The number of fused-ring (bicyclic) bond motifs is 1. The van der Waals surface area contributed by atoms with E-state index in [0.717, 1.165) is 61.2 Å². The van der Waals surface area contributed by atoms with E-state index in [2.05, 4.69) is 52.2 Å². The Kier molecular flexibility index (Phi) is 8.77. The number of H-pyrrole nitrogens is 1. The second-order valence-corrected chi connectivity index (χ2v) is 11.0. The number of carbonyl (C=O) groups is 1. The molecule has 1 fully saturated rings. The number of nitrogen functional groups attached to an aromatic ring is 1. The number of benzene rings is 1. The number of pyridine rings is 2. The van der Waals surface area contributed by atoms with Crippen LogP contribution in [0, 0.1) is 6.92 Å². The molecular formula is C32H40N6O2. The van der Waals surface area contributed by atoms with Crippen molar-refractivity contribution in [2.45, 2.75) is 57.4 Å². The van der Waals surface area contributed by atoms with Crippen molar-refractivity contribution in [2.24, 2.45) is 5.73 Å². The Balaban J connectivity index is 1.19. The number of nitrogens with zero attached hydrogens (tertiary/aromatic N) is 3. The molecule has 5 N–H and O–H groups in total. The minimum atomic E-state index is -0.228. The SMILES string of the molecule is COCCCc1cnc(C)c2cc([C@@H]3CCCN(C(=O)C[C@H](N)Cc4ccc(-c5ccc(N)nc5)cc4)C3)[nH]c12. The summed E-state index contributed by atoms with van der Waals surface area (Å²) in [6.07, 6.45) is 8.68. The lowest BCUT2D eigenvalue weighted by Gasteiger charge is -2.33. The predicted octanol–water partition coefficient (Wildman–Crippen LogP) is 4.76. The number of amides is 1. The van der Waals surface area contributed by atoms with Crippen molar-refractivity contribution in [3.8, 4) is 11.1 Å². The van der Waals surface area contributed by atoms with Crippen molar-refractivity contribution in [1.82, 2.24) is 19.9 Å². The number of carbonyl (C=O) groups excluding carboxylic acids is 1. The molecule has 0 bridgehead atoms. The molecule has 1 amide bonds. The first-order valence-corrected chi connectivity index (χ1v) is 14.2. The third-order valence-electron chi connectivity index (χ3n) is 7.98. The summed E-state index contributed by atoms with van der Waals surface area (Å²) < 4.78 is 5.24. The van der Waals surface area contributed by atoms with Gasteiger partial charge in [-0.25, -0.2) is 4.98 Å². The highest BCUT2D eigenvalue weighted by atomic mass is 16.5. The molecule has 4 heterocycles. The molecule has 0 saturated carbocycles. The van der Waals surface area contributed by atoms with Gasteiger partial charge in [0, 0.05) is 79.9 Å². The van der Waals surface area contributed by atoms with Gasteiger partial charge in [0.05, 0.1) is 5.52 Å². The second-order valence-electron chi connectivity index (χ2n) is 11.0. The zero-order chi connectivity index (χ0) is 28.1. The van der Waals surface area contributed by atoms with Gasteiger partial charge in [-0.05, 0) is 73.9 Å². The lowest BCUT2D eigenvalue weighted by Crippen LogP contribution is -2.42. The van der Waals surface area contributed by atoms with E-state index in [-0.39, 0.29) is 17.9 Å². The number of aryl methyl sites for hydroxylation is 2. The van der Waals surface area contributed by atoms with Gasteiger partial charge < -0.3 is 26.1 Å². The molecule has 8 heteroatoms. The lowest BCUT2D eigenvalue weighted by atomic mass is 9.94. The fraction of sp³-hybridized carbons (Fsp3) is 0.406. The second kappa shape index (κ2) is 12.6. The molecule has 40 heavy (non-hydrogen) atoms. The monoisotopic (exact) mass is 540 g/mol. The highest BCUT2D eigenvalue weighted by Crippen LogP contribution is 2.31. The normalized spacial score (nSPS) is 16.4. The zero-order valence-electron chi connectivity index (χ0n) is 23.5. The van der Waals surface area contributed by atoms with Gasteiger partial charge in [0.15, 0.2) is 0 Å². The first-order chi connectivity index (χ1) is 19.4. The first kappa shape index (κ1) is 27.8. The first-order valence-electron chi connectivity index (χ1n) is 14.2. The average Bonchev–Trinajstić information content (AvgIpc) is 3.42. The Hall–Kier alpha value is -3.75. The molecule has 2 atom stereocenters. The minimum absolute atomic E-state index is 0.135. The van der Waals surface area contributed by atoms with E-state index in [0.29, 0.717) is 25.2 Å². The van der Waals surface area contributed by atoms with Crippen molar-refractivity contribution >= 4 is 22.6 Å². The van der Waals surface area contributed by atoms with Crippen molar-refractivity contribution in [2.75, 3.05) is 32.5 Å². The summed E-state index contributed by atoms with van der Waals surface area (Å²) in [7, 11) is 1.73. The van der Waals surface area contributed by atoms with Gasteiger partial charge in [-0.3, -0.25) is 9.78 Å². The highest BCUT2D eigenvalue weighted by Gasteiger charge is 2.27. The maximum atomic E-state index is 13.3. The number of nitrogens with one attached hydrogen (secondary N) is 1. The van der Waals surface area contributed by atoms with Crippen LogP contribution in [0.25, 0.3) is 22.0 Å². The van der Waals surface area contributed by atoms with Crippen molar-refractivity contribution in [3.63, 3.8) is 0 Å². The Morgan fingerprint density at radius 1 is 1.15 bits per heavy atom. The van der Waals surface area contributed by atoms with Gasteiger partial charge in [-0.15, -0.1) is 0 Å². The number of aromatic amines is 1. The van der Waals surface area contributed by atoms with Crippen LogP contribution < -0.4 is 11.5 Å². The molecular weight excluding hydrogens is 500 g/mol. The fourth-order valence-corrected chi connectivity index (χ4v) is 5.73. The van der Waals surface area contributed by atoms with E-state index in [9.17, 15) is 4.79 Å². The Bertz CT molecular complexity index is 1430. The number of hydrogen-bond acceptors (Lipinski definition) is 6. The summed E-state index contributed by atoms with van der Waals surface area (Å²) in [6.45, 7) is 4.29. The van der Waals surface area contributed by atoms with Gasteiger partial charge in [0.25, 0.3) is 0 Å². The number of anilines is 1. The molecule has 0 unspecified atom stereocenters. The van der Waals surface area contributed by atoms with E-state index in [4.69, 9.17) is 16.2 Å². The van der Waals surface area contributed by atoms with Crippen LogP contribution in [-0.2, 0) is 22.4 Å². The number of ether oxygens (including phenoxy) is 1. The third kappa shape index (κ3) is 6.51. The van der Waals surface area contributed by atoms with Crippen LogP contribution in [0.5, 0.6) is 0 Å². The highest BCUT2D eigenvalue weighted by molar-refractivity contribution is 5.85. The maximum Gasteiger partial charge on any atom is 0.224 e. The molecule has 1 aliphatic rings. The average molecular weight is 541 g/mol. The van der Waals surface area contributed by atoms with E-state index in [1.807, 2.05) is 17.2 Å². The van der Waals surface area contributed by atoms with E-state index < -0.39 is 0 Å². The number of hydrogen-bond donors (Lipinski definition) is 3. The van der Waals surface area contributed by atoms with Crippen LogP contribution in [0.15, 0.2) is 54.9 Å². The number of rotatable bonds is 10. The summed E-state index contributed by atoms with van der Waals surface area (Å²) in [4.78, 5) is 27.8. The van der Waals surface area contributed by atoms with E-state index in [1.54, 1.807) is 19.4 Å². The zero-order valence-corrected chi connectivity index (χ0v) is 23.5. The van der Waals surface area contributed by atoms with Crippen molar-refractivity contribution < 1.29 is 9.53 Å². The van der Waals surface area contributed by atoms with E-state index in [1.165, 1.54) is 22.2 Å². The molecule has 1 aromatic carbocycles. The van der Waals surface area contributed by atoms with Crippen LogP contribution >= 0.6 is 0 Å². The topological polar surface area (TPSA) is 123 Å². The molecule has 0 radical (unpaired) electrons. The fourth-order valence-electron chi connectivity index (χ4n) is 5.73. The quantitative estimate of drug-likeness (QED) is 0.249. The molecule has 3 aromatic heterocycles. The van der Waals surface area contributed by atoms with Gasteiger partial charge in [-0.2, -0.15) is 0 Å². The van der Waals surface area contributed by atoms with Crippen LogP contribution in [0.2, 0.25) is 0 Å². The molecule has 0 aliphatic carbocycles. The standard InChI is InChI=1S/C32H40N6O2/c1-21-28-17-29(37-32(28)25(19-35-21)6-4-14-40-2)26-5-3-13-38(20-26)31(39)16-27(33)15-22-7-9-23(10-8-22)24-11-12-30(34)36-18-24/h7-12,17-19,26-27,37H,3-6,13-16,20,33H2,1-2H3,(H2,34,36)/t26-,27-/m1/s1. The summed E-state index contributed by atoms with van der Waals surface area (Å²) >= 11 is 0. The van der Waals surface area contributed by atoms with Crippen molar-refractivity contribution in [1.29, 1.82) is 0 Å². The Morgan fingerprint density at radius 3 is 2.70 bits per heavy atom. The number of nitrogens with two attached hydrogens (primary N) is 2. The van der Waals surface area contributed by atoms with Crippen LogP contribution in [-0.4, -0.2) is 58.6 Å². The van der Waals surface area contributed by atoms with Gasteiger partial charge in [-0.1, -0.05) is 24.3 Å². The lowest BCUT2D eigenvalue weighted by molar-refractivity contribution is -0.132. The largest absolute Gasteiger partial charge is 0.385 e. The summed E-state index contributed by atoms with van der Waals surface area (Å²) in [5.41, 5.74) is 20.0. The number of likely N-dealkylation sites (tertiary alicyclic amines) is 1. The van der Waals surface area contributed by atoms with Gasteiger partial charge in [0.2, 0.25) is 5.91 Å². The predicted molar refractivity (Wildman–Crippen MR) is 160 cm³/mol. The molecule has 1 saturated heterocycles. The van der Waals surface area contributed by atoms with E-state index >= 15 is 0 Å². The number of aromatic nitrogens is 3. The number of piperidine rings is 1.